The molecule has 0 bridgehead atoms. The summed E-state index contributed by atoms with van der Waals surface area (Å²) in [4.78, 5) is 12.1. The number of nitrogens with one attached hydrogen (secondary N) is 2. The summed E-state index contributed by atoms with van der Waals surface area (Å²) in [7, 11) is 3.07. The Kier molecular flexibility index (Phi) is 6.13. The lowest BCUT2D eigenvalue weighted by Gasteiger charge is -2.26. The van der Waals surface area contributed by atoms with E-state index in [1.54, 1.807) is 12.1 Å². The number of amides is 1. The summed E-state index contributed by atoms with van der Waals surface area (Å²) in [5, 5.41) is 6.24. The summed E-state index contributed by atoms with van der Waals surface area (Å²) in [6, 6.07) is 10.8. The molecule has 0 aromatic heterocycles. The first-order valence-electron chi connectivity index (χ1n) is 8.41. The predicted octanol–water partition coefficient (Wildman–Crippen LogP) is 2.73. The van der Waals surface area contributed by atoms with Crippen LogP contribution in [0, 0.1) is 0 Å². The van der Waals surface area contributed by atoms with Crippen molar-refractivity contribution in [3.05, 3.63) is 41.4 Å². The zero-order valence-electron chi connectivity index (χ0n) is 15.1. The number of carbonyl (C=O) groups excluding carboxylic acids is 1. The van der Waals surface area contributed by atoms with Crippen LogP contribution in [0.5, 0.6) is 23.0 Å². The lowest BCUT2D eigenvalue weighted by atomic mass is 10.2. The molecule has 1 heterocycles. The van der Waals surface area contributed by atoms with Crippen molar-refractivity contribution in [2.45, 2.75) is 6.10 Å². The fourth-order valence-corrected chi connectivity index (χ4v) is 2.84. The number of anilines is 1. The van der Waals surface area contributed by atoms with Gasteiger partial charge in [-0.15, -0.1) is 0 Å². The molecule has 2 N–H and O–H groups in total. The van der Waals surface area contributed by atoms with Gasteiger partial charge in [-0.05, 0) is 12.1 Å². The highest BCUT2D eigenvalue weighted by Gasteiger charge is 2.21. The van der Waals surface area contributed by atoms with Gasteiger partial charge < -0.3 is 29.6 Å². The third-order valence-electron chi connectivity index (χ3n) is 4.01. The molecule has 0 spiro atoms. The number of ether oxygens (including phenoxy) is 4. The van der Waals surface area contributed by atoms with E-state index in [-0.39, 0.29) is 18.6 Å². The Morgan fingerprint density at radius 2 is 1.89 bits per heavy atom. The van der Waals surface area contributed by atoms with Gasteiger partial charge in [-0.3, -0.25) is 4.79 Å². The third-order valence-corrected chi connectivity index (χ3v) is 4.32. The van der Waals surface area contributed by atoms with Gasteiger partial charge in [0.05, 0.1) is 38.0 Å². The van der Waals surface area contributed by atoms with Crippen molar-refractivity contribution in [3.63, 3.8) is 0 Å². The largest absolute Gasteiger partial charge is 0.493 e. The zero-order valence-corrected chi connectivity index (χ0v) is 15.8. The maximum absolute atomic E-state index is 12.1. The number of hydrogen-bond acceptors (Lipinski definition) is 6. The average Bonchev–Trinajstić information content (AvgIpc) is 2.70. The van der Waals surface area contributed by atoms with Crippen molar-refractivity contribution in [3.8, 4) is 23.0 Å². The second-order valence-electron chi connectivity index (χ2n) is 5.84. The minimum atomic E-state index is -0.242. The molecule has 3 rings (SSSR count). The van der Waals surface area contributed by atoms with Crippen LogP contribution >= 0.6 is 11.6 Å². The van der Waals surface area contributed by atoms with Gasteiger partial charge in [-0.1, -0.05) is 23.7 Å². The second-order valence-corrected chi connectivity index (χ2v) is 6.25. The summed E-state index contributed by atoms with van der Waals surface area (Å²) in [6.07, 6.45) is -0.242. The van der Waals surface area contributed by atoms with E-state index >= 15 is 0 Å². The molecule has 0 saturated heterocycles. The Balaban J connectivity index is 1.49. The number of halogens is 1. The zero-order chi connectivity index (χ0) is 19.2. The second kappa shape index (κ2) is 8.73. The van der Waals surface area contributed by atoms with Crippen molar-refractivity contribution in [1.82, 2.24) is 5.32 Å². The third kappa shape index (κ3) is 4.68. The van der Waals surface area contributed by atoms with E-state index in [1.807, 2.05) is 24.3 Å². The molecule has 0 saturated carbocycles. The van der Waals surface area contributed by atoms with Gasteiger partial charge >= 0.3 is 0 Å². The summed E-state index contributed by atoms with van der Waals surface area (Å²) in [6.45, 7) is 0.778. The van der Waals surface area contributed by atoms with E-state index in [4.69, 9.17) is 30.5 Å². The quantitative estimate of drug-likeness (QED) is 0.754. The molecule has 144 valence electrons. The van der Waals surface area contributed by atoms with Crippen LogP contribution in [0.2, 0.25) is 5.02 Å². The fourth-order valence-electron chi connectivity index (χ4n) is 2.62. The van der Waals surface area contributed by atoms with Gasteiger partial charge in [0.25, 0.3) is 0 Å². The van der Waals surface area contributed by atoms with Gasteiger partial charge in [0, 0.05) is 12.1 Å². The molecule has 27 heavy (non-hydrogen) atoms. The lowest BCUT2D eigenvalue weighted by Crippen LogP contribution is -2.42. The van der Waals surface area contributed by atoms with Crippen LogP contribution in [0.25, 0.3) is 0 Å². The highest BCUT2D eigenvalue weighted by Crippen LogP contribution is 2.36. The average molecular weight is 393 g/mol. The summed E-state index contributed by atoms with van der Waals surface area (Å²) in [5.74, 6) is 2.25. The van der Waals surface area contributed by atoms with E-state index in [1.165, 1.54) is 14.2 Å². The summed E-state index contributed by atoms with van der Waals surface area (Å²) in [5.41, 5.74) is 0.579. The molecule has 8 heteroatoms. The molecule has 2 aromatic rings. The molecule has 0 fully saturated rings. The Bertz CT molecular complexity index is 815. The van der Waals surface area contributed by atoms with E-state index in [9.17, 15) is 4.79 Å². The molecule has 1 atom stereocenters. The van der Waals surface area contributed by atoms with Crippen LogP contribution < -0.4 is 29.6 Å². The number of fused-ring (bicyclic) bond motifs is 1. The number of benzene rings is 2. The van der Waals surface area contributed by atoms with Gasteiger partial charge in [-0.2, -0.15) is 0 Å². The number of para-hydroxylation sites is 2. The fraction of sp³-hybridized carbons (Fsp3) is 0.316. The number of methoxy groups -OCH3 is 2. The van der Waals surface area contributed by atoms with Crippen molar-refractivity contribution >= 4 is 23.2 Å². The van der Waals surface area contributed by atoms with Gasteiger partial charge in [0.15, 0.2) is 23.0 Å². The van der Waals surface area contributed by atoms with E-state index in [0.717, 1.165) is 0 Å². The molecular weight excluding hydrogens is 372 g/mol. The summed E-state index contributed by atoms with van der Waals surface area (Å²) < 4.78 is 21.9. The molecule has 0 aliphatic carbocycles. The Morgan fingerprint density at radius 1 is 1.19 bits per heavy atom. The molecule has 1 unspecified atom stereocenters. The first-order chi connectivity index (χ1) is 13.1. The Labute approximate surface area is 162 Å². The topological polar surface area (TPSA) is 78.1 Å². The van der Waals surface area contributed by atoms with Gasteiger partial charge in [0.2, 0.25) is 5.91 Å². The molecule has 1 aliphatic rings. The number of hydrogen-bond donors (Lipinski definition) is 2. The normalized spacial score (nSPS) is 15.0. The SMILES string of the molecule is COc1cc(Cl)c(NCC(=O)NCC2COc3ccccc3O2)cc1OC. The van der Waals surface area contributed by atoms with Crippen LogP contribution in [-0.2, 0) is 4.79 Å². The van der Waals surface area contributed by atoms with Gasteiger partial charge in [-0.25, -0.2) is 0 Å². The maximum atomic E-state index is 12.1. The van der Waals surface area contributed by atoms with Crippen LogP contribution in [0.15, 0.2) is 36.4 Å². The first kappa shape index (κ1) is 19.0. The molecule has 1 amide bonds. The van der Waals surface area contributed by atoms with Gasteiger partial charge in [0.1, 0.15) is 12.7 Å². The number of carbonyl (C=O) groups is 1. The molecule has 7 nitrogen and oxygen atoms in total. The van der Waals surface area contributed by atoms with E-state index in [2.05, 4.69) is 10.6 Å². The van der Waals surface area contributed by atoms with Crippen molar-refractivity contribution in [2.75, 3.05) is 39.2 Å². The standard InChI is InChI=1S/C19H21ClN2O5/c1-24-17-7-13(20)14(8-18(17)25-2)21-10-19(23)22-9-12-11-26-15-5-3-4-6-16(15)27-12/h3-8,12,21H,9-11H2,1-2H3,(H,22,23). The predicted molar refractivity (Wildman–Crippen MR) is 102 cm³/mol. The first-order valence-corrected chi connectivity index (χ1v) is 8.79. The monoisotopic (exact) mass is 392 g/mol. The Hall–Kier alpha value is -2.80. The van der Waals surface area contributed by atoms with E-state index in [0.29, 0.717) is 46.9 Å². The van der Waals surface area contributed by atoms with Crippen LogP contribution in [0.1, 0.15) is 0 Å². The molecule has 1 aliphatic heterocycles. The maximum Gasteiger partial charge on any atom is 0.239 e. The Morgan fingerprint density at radius 3 is 2.63 bits per heavy atom. The van der Waals surface area contributed by atoms with Crippen molar-refractivity contribution in [2.24, 2.45) is 0 Å². The number of rotatable bonds is 7. The minimum Gasteiger partial charge on any atom is -0.493 e. The highest BCUT2D eigenvalue weighted by atomic mass is 35.5. The summed E-state index contributed by atoms with van der Waals surface area (Å²) >= 11 is 6.20. The highest BCUT2D eigenvalue weighted by molar-refractivity contribution is 6.33. The molecule has 0 radical (unpaired) electrons. The van der Waals surface area contributed by atoms with Crippen LogP contribution in [0.3, 0.4) is 0 Å². The van der Waals surface area contributed by atoms with Crippen molar-refractivity contribution in [1.29, 1.82) is 0 Å². The van der Waals surface area contributed by atoms with Crippen LogP contribution in [0.4, 0.5) is 5.69 Å². The molecular formula is C19H21ClN2O5. The smallest absolute Gasteiger partial charge is 0.239 e. The van der Waals surface area contributed by atoms with Crippen molar-refractivity contribution < 1.29 is 23.7 Å². The van der Waals surface area contributed by atoms with Crippen LogP contribution in [-0.4, -0.2) is 45.9 Å². The molecule has 2 aromatic carbocycles. The van der Waals surface area contributed by atoms with E-state index < -0.39 is 0 Å². The lowest BCUT2D eigenvalue weighted by molar-refractivity contribution is -0.119. The minimum absolute atomic E-state index is 0.0549.